The Bertz CT molecular complexity index is 615. The van der Waals surface area contributed by atoms with Crippen LogP contribution < -0.4 is 0 Å². The topological polar surface area (TPSA) is 112 Å². The number of aliphatic carboxylic acids is 2. The van der Waals surface area contributed by atoms with Gasteiger partial charge in [0.05, 0.1) is 6.16 Å². The van der Waals surface area contributed by atoms with Gasteiger partial charge in [-0.05, 0) is 25.3 Å². The van der Waals surface area contributed by atoms with Crippen LogP contribution in [0.4, 0.5) is 0 Å². The Kier molecular flexibility index (Phi) is 8.33. The number of benzene rings is 1. The minimum absolute atomic E-state index is 0.127. The van der Waals surface area contributed by atoms with E-state index in [1.807, 2.05) is 0 Å². The highest BCUT2D eigenvalue weighted by molar-refractivity contribution is 7.60. The van der Waals surface area contributed by atoms with Gasteiger partial charge in [0.2, 0.25) is 7.37 Å². The maximum atomic E-state index is 12.8. The number of hydrogen-bond acceptors (Lipinski definition) is 3. The van der Waals surface area contributed by atoms with Gasteiger partial charge in [-0.25, -0.2) is 0 Å². The Balaban J connectivity index is 2.59. The molecular formula is C18H27O6P. The highest BCUT2D eigenvalue weighted by Gasteiger charge is 2.49. The predicted molar refractivity (Wildman–Crippen MR) is 96.0 cm³/mol. The van der Waals surface area contributed by atoms with Crippen molar-refractivity contribution in [2.75, 3.05) is 0 Å². The lowest BCUT2D eigenvalue weighted by Gasteiger charge is -2.30. The van der Waals surface area contributed by atoms with E-state index in [1.165, 1.54) is 6.92 Å². The minimum Gasteiger partial charge on any atom is -0.481 e. The monoisotopic (exact) mass is 370 g/mol. The lowest BCUT2D eigenvalue weighted by Crippen LogP contribution is -2.35. The highest BCUT2D eigenvalue weighted by Crippen LogP contribution is 2.59. The molecule has 2 unspecified atom stereocenters. The first kappa shape index (κ1) is 21.4. The van der Waals surface area contributed by atoms with E-state index in [0.717, 1.165) is 12.8 Å². The zero-order valence-electron chi connectivity index (χ0n) is 14.6. The average Bonchev–Trinajstić information content (AvgIpc) is 2.53. The molecule has 0 radical (unpaired) electrons. The molecule has 0 saturated carbocycles. The molecular weight excluding hydrogens is 343 g/mol. The van der Waals surface area contributed by atoms with Crippen LogP contribution in [0, 0.1) is 0 Å². The summed E-state index contributed by atoms with van der Waals surface area (Å²) in [6, 6.07) is 8.74. The summed E-state index contributed by atoms with van der Waals surface area (Å²) in [7, 11) is -3.94. The molecule has 0 bridgehead atoms. The second-order valence-corrected chi connectivity index (χ2v) is 9.29. The third-order valence-electron chi connectivity index (χ3n) is 4.53. The fourth-order valence-corrected chi connectivity index (χ4v) is 4.57. The molecule has 0 aliphatic heterocycles. The minimum atomic E-state index is -3.94. The Hall–Kier alpha value is -1.65. The van der Waals surface area contributed by atoms with Crippen LogP contribution in [-0.4, -0.2) is 32.2 Å². The molecule has 0 fully saturated rings. The molecule has 2 atom stereocenters. The molecule has 25 heavy (non-hydrogen) atoms. The van der Waals surface area contributed by atoms with Crippen LogP contribution in [-0.2, 0) is 20.3 Å². The summed E-state index contributed by atoms with van der Waals surface area (Å²) in [5, 5.41) is 16.4. The van der Waals surface area contributed by atoms with Gasteiger partial charge in [0, 0.05) is 6.42 Å². The SMILES string of the molecule is CC(CCCCCCCC(=O)O)(C(=O)O)P(=O)(O)Cc1ccccc1. The van der Waals surface area contributed by atoms with E-state index in [1.54, 1.807) is 30.3 Å². The number of carboxylic acids is 2. The third-order valence-corrected chi connectivity index (χ3v) is 7.28. The highest BCUT2D eigenvalue weighted by atomic mass is 31.2. The van der Waals surface area contributed by atoms with Crippen molar-refractivity contribution in [3.05, 3.63) is 35.9 Å². The Morgan fingerprint density at radius 2 is 1.56 bits per heavy atom. The van der Waals surface area contributed by atoms with Crippen molar-refractivity contribution in [1.82, 2.24) is 0 Å². The second kappa shape index (κ2) is 9.73. The maximum Gasteiger partial charge on any atom is 0.319 e. The quantitative estimate of drug-likeness (QED) is 0.377. The first-order valence-electron chi connectivity index (χ1n) is 8.50. The second-order valence-electron chi connectivity index (χ2n) is 6.59. The predicted octanol–water partition coefficient (Wildman–Crippen LogP) is 4.12. The number of carboxylic acid groups (broad SMARTS) is 2. The molecule has 0 amide bonds. The van der Waals surface area contributed by atoms with E-state index >= 15 is 0 Å². The summed E-state index contributed by atoms with van der Waals surface area (Å²) in [5.41, 5.74) is 0.648. The lowest BCUT2D eigenvalue weighted by molar-refractivity contribution is -0.140. The molecule has 1 aromatic carbocycles. The molecule has 0 heterocycles. The van der Waals surface area contributed by atoms with Crippen molar-refractivity contribution >= 4 is 19.3 Å². The standard InChI is InChI=1S/C18H27O6P/c1-18(17(21)22,13-9-4-2-3-8-12-16(19)20)25(23,24)14-15-10-6-5-7-11-15/h5-7,10-11H,2-4,8-9,12-14H2,1H3,(H,19,20)(H,21,22)(H,23,24). The van der Waals surface area contributed by atoms with E-state index < -0.39 is 24.5 Å². The summed E-state index contributed by atoms with van der Waals surface area (Å²) in [4.78, 5) is 32.6. The first-order chi connectivity index (χ1) is 11.7. The summed E-state index contributed by atoms with van der Waals surface area (Å²) in [6.07, 6.45) is 3.49. The Morgan fingerprint density at radius 1 is 1.00 bits per heavy atom. The smallest absolute Gasteiger partial charge is 0.319 e. The average molecular weight is 370 g/mol. The van der Waals surface area contributed by atoms with E-state index in [-0.39, 0.29) is 19.0 Å². The fourth-order valence-electron chi connectivity index (χ4n) is 2.71. The maximum absolute atomic E-state index is 12.8. The van der Waals surface area contributed by atoms with Crippen LogP contribution in [0.15, 0.2) is 30.3 Å². The number of hydrogen-bond donors (Lipinski definition) is 3. The van der Waals surface area contributed by atoms with E-state index in [2.05, 4.69) is 0 Å². The van der Waals surface area contributed by atoms with Gasteiger partial charge < -0.3 is 15.1 Å². The molecule has 7 heteroatoms. The molecule has 0 saturated heterocycles. The van der Waals surface area contributed by atoms with E-state index in [0.29, 0.717) is 24.8 Å². The molecule has 0 aromatic heterocycles. The van der Waals surface area contributed by atoms with Crippen LogP contribution in [0.3, 0.4) is 0 Å². The molecule has 3 N–H and O–H groups in total. The molecule has 6 nitrogen and oxygen atoms in total. The van der Waals surface area contributed by atoms with Crippen LogP contribution in [0.2, 0.25) is 0 Å². The van der Waals surface area contributed by atoms with Crippen molar-refractivity contribution in [2.24, 2.45) is 0 Å². The number of carbonyl (C=O) groups is 2. The van der Waals surface area contributed by atoms with Gasteiger partial charge in [-0.3, -0.25) is 14.2 Å². The summed E-state index contributed by atoms with van der Waals surface area (Å²) in [5.74, 6) is -2.07. The van der Waals surface area contributed by atoms with Gasteiger partial charge in [-0.15, -0.1) is 0 Å². The van der Waals surface area contributed by atoms with Crippen molar-refractivity contribution in [1.29, 1.82) is 0 Å². The van der Waals surface area contributed by atoms with Crippen LogP contribution in [0.5, 0.6) is 0 Å². The molecule has 0 spiro atoms. The van der Waals surface area contributed by atoms with Crippen molar-refractivity contribution in [2.45, 2.75) is 63.2 Å². The number of rotatable bonds is 12. The normalized spacial score (nSPS) is 15.9. The molecule has 0 aliphatic rings. The molecule has 1 aromatic rings. The van der Waals surface area contributed by atoms with Crippen molar-refractivity contribution in [3.8, 4) is 0 Å². The van der Waals surface area contributed by atoms with Gasteiger partial charge in [-0.1, -0.05) is 56.0 Å². The zero-order chi connectivity index (χ0) is 18.9. The van der Waals surface area contributed by atoms with Crippen LogP contribution in [0.1, 0.15) is 57.4 Å². The number of unbranched alkanes of at least 4 members (excludes halogenated alkanes) is 4. The van der Waals surface area contributed by atoms with Crippen molar-refractivity contribution < 1.29 is 29.3 Å². The largest absolute Gasteiger partial charge is 0.481 e. The molecule has 0 aliphatic carbocycles. The Labute approximate surface area is 148 Å². The van der Waals surface area contributed by atoms with Gasteiger partial charge in [0.25, 0.3) is 0 Å². The third kappa shape index (κ3) is 6.63. The zero-order valence-corrected chi connectivity index (χ0v) is 15.5. The van der Waals surface area contributed by atoms with Gasteiger partial charge >= 0.3 is 11.9 Å². The van der Waals surface area contributed by atoms with Crippen molar-refractivity contribution in [3.63, 3.8) is 0 Å². The van der Waals surface area contributed by atoms with E-state index in [9.17, 15) is 24.2 Å². The van der Waals surface area contributed by atoms with Gasteiger partial charge in [0.1, 0.15) is 5.16 Å². The van der Waals surface area contributed by atoms with Gasteiger partial charge in [0.15, 0.2) is 0 Å². The lowest BCUT2D eigenvalue weighted by atomic mass is 10.0. The van der Waals surface area contributed by atoms with E-state index in [4.69, 9.17) is 5.11 Å². The van der Waals surface area contributed by atoms with Gasteiger partial charge in [-0.2, -0.15) is 0 Å². The fraction of sp³-hybridized carbons (Fsp3) is 0.556. The van der Waals surface area contributed by atoms with Crippen LogP contribution >= 0.6 is 7.37 Å². The van der Waals surface area contributed by atoms with Crippen LogP contribution in [0.25, 0.3) is 0 Å². The Morgan fingerprint density at radius 3 is 2.12 bits per heavy atom. The molecule has 1 rings (SSSR count). The first-order valence-corrected chi connectivity index (χ1v) is 10.3. The summed E-state index contributed by atoms with van der Waals surface area (Å²) < 4.78 is 12.8. The summed E-state index contributed by atoms with van der Waals surface area (Å²) >= 11 is 0. The molecule has 140 valence electrons. The summed E-state index contributed by atoms with van der Waals surface area (Å²) in [6.45, 7) is 1.35.